The quantitative estimate of drug-likeness (QED) is 0.780. The molecule has 4 nitrogen and oxygen atoms in total. The van der Waals surface area contributed by atoms with Crippen molar-refractivity contribution in [3.05, 3.63) is 66.2 Å². The van der Waals surface area contributed by atoms with Crippen LogP contribution in [0.3, 0.4) is 0 Å². The molecule has 1 atom stereocenters. The van der Waals surface area contributed by atoms with Crippen LogP contribution >= 0.6 is 0 Å². The van der Waals surface area contributed by atoms with E-state index < -0.39 is 0 Å². The Kier molecular flexibility index (Phi) is 3.58. The first-order chi connectivity index (χ1) is 11.3. The van der Waals surface area contributed by atoms with Gasteiger partial charge in [-0.15, -0.1) is 0 Å². The lowest BCUT2D eigenvalue weighted by Crippen LogP contribution is -2.39. The number of rotatable bonds is 2. The van der Waals surface area contributed by atoms with E-state index in [0.717, 1.165) is 48.0 Å². The maximum Gasteiger partial charge on any atom is 0.255 e. The maximum atomic E-state index is 13.2. The molecule has 116 valence electrons. The fraction of sp³-hybridized carbons (Fsp3) is 0.263. The molecule has 1 fully saturated rings. The summed E-state index contributed by atoms with van der Waals surface area (Å²) in [7, 11) is 0. The molecule has 0 unspecified atom stereocenters. The molecule has 0 bridgehead atoms. The van der Waals surface area contributed by atoms with E-state index in [1.165, 1.54) is 0 Å². The number of hydrogen-bond donors (Lipinski definition) is 1. The van der Waals surface area contributed by atoms with Crippen molar-refractivity contribution in [3.8, 4) is 0 Å². The van der Waals surface area contributed by atoms with Crippen LogP contribution in [0.1, 0.15) is 41.5 Å². The summed E-state index contributed by atoms with van der Waals surface area (Å²) in [6.45, 7) is 0.785. The molecule has 4 rings (SSSR count). The number of nitrogens with one attached hydrogen (secondary N) is 1. The highest BCUT2D eigenvalue weighted by Crippen LogP contribution is 2.31. The van der Waals surface area contributed by atoms with Crippen molar-refractivity contribution in [1.29, 1.82) is 0 Å². The number of benzene rings is 2. The average Bonchev–Trinajstić information content (AvgIpc) is 3.15. The summed E-state index contributed by atoms with van der Waals surface area (Å²) in [4.78, 5) is 22.7. The van der Waals surface area contributed by atoms with Gasteiger partial charge in [-0.1, -0.05) is 36.4 Å². The Morgan fingerprint density at radius 2 is 2.00 bits per heavy atom. The van der Waals surface area contributed by atoms with Gasteiger partial charge in [0.25, 0.3) is 5.91 Å². The van der Waals surface area contributed by atoms with E-state index in [1.807, 2.05) is 53.6 Å². The number of hydrogen-bond acceptors (Lipinski definition) is 2. The molecule has 0 aliphatic carbocycles. The topological polar surface area (TPSA) is 49.0 Å². The monoisotopic (exact) mass is 305 g/mol. The largest absolute Gasteiger partial charge is 0.347 e. The van der Waals surface area contributed by atoms with E-state index in [0.29, 0.717) is 0 Å². The Bertz CT molecular complexity index is 820. The van der Waals surface area contributed by atoms with Crippen LogP contribution < -0.4 is 0 Å². The number of carbonyl (C=O) groups excluding carboxylic acids is 1. The Morgan fingerprint density at radius 3 is 2.87 bits per heavy atom. The van der Waals surface area contributed by atoms with E-state index >= 15 is 0 Å². The van der Waals surface area contributed by atoms with Crippen LogP contribution in [-0.2, 0) is 0 Å². The first-order valence-corrected chi connectivity index (χ1v) is 8.12. The summed E-state index contributed by atoms with van der Waals surface area (Å²) in [5.41, 5.74) is 0.779. The Balaban J connectivity index is 1.74. The smallest absolute Gasteiger partial charge is 0.255 e. The third-order valence-electron chi connectivity index (χ3n) is 4.62. The van der Waals surface area contributed by atoms with Crippen LogP contribution in [0.4, 0.5) is 0 Å². The molecule has 4 heteroatoms. The zero-order valence-electron chi connectivity index (χ0n) is 12.9. The number of fused-ring (bicyclic) bond motifs is 1. The van der Waals surface area contributed by atoms with Gasteiger partial charge in [-0.25, -0.2) is 4.98 Å². The van der Waals surface area contributed by atoms with E-state index in [1.54, 1.807) is 6.20 Å². The zero-order chi connectivity index (χ0) is 15.6. The molecular weight excluding hydrogens is 286 g/mol. The summed E-state index contributed by atoms with van der Waals surface area (Å²) in [6.07, 6.45) is 6.72. The first kappa shape index (κ1) is 14.0. The zero-order valence-corrected chi connectivity index (χ0v) is 12.9. The molecule has 1 aliphatic heterocycles. The molecule has 0 saturated carbocycles. The van der Waals surface area contributed by atoms with Gasteiger partial charge in [0.1, 0.15) is 5.82 Å². The van der Waals surface area contributed by atoms with Crippen LogP contribution in [0.5, 0.6) is 0 Å². The SMILES string of the molecule is O=C(c1cccc2ccccc12)N1CCCC[C@@H]1c1ncc[nH]1. The Morgan fingerprint density at radius 1 is 1.13 bits per heavy atom. The summed E-state index contributed by atoms with van der Waals surface area (Å²) < 4.78 is 0. The molecule has 3 aromatic rings. The standard InChI is InChI=1S/C19H19N3O/c23-19(16-9-5-7-14-6-1-2-8-15(14)16)22-13-4-3-10-17(22)18-20-11-12-21-18/h1-2,5-9,11-12,17H,3-4,10,13H2,(H,20,21)/t17-/m1/s1. The van der Waals surface area contributed by atoms with Crippen molar-refractivity contribution in [2.75, 3.05) is 6.54 Å². The molecule has 2 heterocycles. The van der Waals surface area contributed by atoms with Gasteiger partial charge < -0.3 is 9.88 Å². The lowest BCUT2D eigenvalue weighted by molar-refractivity contribution is 0.0603. The lowest BCUT2D eigenvalue weighted by Gasteiger charge is -2.34. The molecule has 23 heavy (non-hydrogen) atoms. The molecule has 1 amide bonds. The minimum Gasteiger partial charge on any atom is -0.347 e. The van der Waals surface area contributed by atoms with Gasteiger partial charge in [0.05, 0.1) is 6.04 Å². The number of H-pyrrole nitrogens is 1. The molecule has 1 aliphatic rings. The number of aromatic nitrogens is 2. The Hall–Kier alpha value is -2.62. The number of imidazole rings is 1. The van der Waals surface area contributed by atoms with Crippen molar-refractivity contribution in [2.24, 2.45) is 0 Å². The lowest BCUT2D eigenvalue weighted by atomic mass is 9.98. The van der Waals surface area contributed by atoms with Gasteiger partial charge in [-0.2, -0.15) is 0 Å². The highest BCUT2D eigenvalue weighted by molar-refractivity contribution is 6.07. The number of aromatic amines is 1. The van der Waals surface area contributed by atoms with Crippen LogP contribution in [0.2, 0.25) is 0 Å². The van der Waals surface area contributed by atoms with E-state index in [-0.39, 0.29) is 11.9 Å². The number of piperidine rings is 1. The maximum absolute atomic E-state index is 13.2. The van der Waals surface area contributed by atoms with E-state index in [4.69, 9.17) is 0 Å². The molecule has 0 spiro atoms. The second-order valence-corrected chi connectivity index (χ2v) is 6.01. The highest BCUT2D eigenvalue weighted by Gasteiger charge is 2.30. The molecule has 1 aromatic heterocycles. The fourth-order valence-electron chi connectivity index (χ4n) is 3.49. The Labute approximate surface area is 135 Å². The highest BCUT2D eigenvalue weighted by atomic mass is 16.2. The summed E-state index contributed by atoms with van der Waals surface area (Å²) in [5, 5.41) is 2.12. The van der Waals surface area contributed by atoms with Crippen molar-refractivity contribution in [1.82, 2.24) is 14.9 Å². The van der Waals surface area contributed by atoms with Crippen molar-refractivity contribution >= 4 is 16.7 Å². The van der Waals surface area contributed by atoms with Gasteiger partial charge in [0, 0.05) is 24.5 Å². The molecule has 1 saturated heterocycles. The molecule has 1 N–H and O–H groups in total. The van der Waals surface area contributed by atoms with Gasteiger partial charge in [-0.05, 0) is 36.1 Å². The van der Waals surface area contributed by atoms with Crippen LogP contribution in [0.15, 0.2) is 54.9 Å². The summed E-state index contributed by atoms with van der Waals surface area (Å²) in [6, 6.07) is 14.0. The summed E-state index contributed by atoms with van der Waals surface area (Å²) >= 11 is 0. The third kappa shape index (κ3) is 2.50. The van der Waals surface area contributed by atoms with Crippen LogP contribution in [0, 0.1) is 0 Å². The van der Waals surface area contributed by atoms with Gasteiger partial charge in [-0.3, -0.25) is 4.79 Å². The van der Waals surface area contributed by atoms with Crippen molar-refractivity contribution in [3.63, 3.8) is 0 Å². The van der Waals surface area contributed by atoms with Crippen LogP contribution in [0.25, 0.3) is 10.8 Å². The van der Waals surface area contributed by atoms with Gasteiger partial charge in [0.2, 0.25) is 0 Å². The van der Waals surface area contributed by atoms with Crippen molar-refractivity contribution in [2.45, 2.75) is 25.3 Å². The number of amides is 1. The number of carbonyl (C=O) groups is 1. The minimum atomic E-state index is 0.0465. The molecule has 2 aromatic carbocycles. The van der Waals surface area contributed by atoms with Gasteiger partial charge in [0.15, 0.2) is 0 Å². The predicted molar refractivity (Wildman–Crippen MR) is 90.2 cm³/mol. The fourth-order valence-corrected chi connectivity index (χ4v) is 3.49. The average molecular weight is 305 g/mol. The minimum absolute atomic E-state index is 0.0465. The normalized spacial score (nSPS) is 18.3. The van der Waals surface area contributed by atoms with E-state index in [9.17, 15) is 4.79 Å². The summed E-state index contributed by atoms with van der Waals surface area (Å²) in [5.74, 6) is 0.987. The van der Waals surface area contributed by atoms with Crippen LogP contribution in [-0.4, -0.2) is 27.3 Å². The molecule has 0 radical (unpaired) electrons. The van der Waals surface area contributed by atoms with Gasteiger partial charge >= 0.3 is 0 Å². The number of nitrogens with zero attached hydrogens (tertiary/aromatic N) is 2. The first-order valence-electron chi connectivity index (χ1n) is 8.12. The second-order valence-electron chi connectivity index (χ2n) is 6.01. The molecular formula is C19H19N3O. The van der Waals surface area contributed by atoms with Crippen molar-refractivity contribution < 1.29 is 4.79 Å². The predicted octanol–water partition coefficient (Wildman–Crippen LogP) is 3.93. The third-order valence-corrected chi connectivity index (χ3v) is 4.62. The van der Waals surface area contributed by atoms with E-state index in [2.05, 4.69) is 9.97 Å². The number of likely N-dealkylation sites (tertiary alicyclic amines) is 1. The second kappa shape index (κ2) is 5.88.